The summed E-state index contributed by atoms with van der Waals surface area (Å²) in [5, 5.41) is 7.57. The van der Waals surface area contributed by atoms with Gasteiger partial charge in [-0.3, -0.25) is 4.79 Å². The average molecular weight is 373 g/mol. The minimum Gasteiger partial charge on any atom is -0.360 e. The van der Waals surface area contributed by atoms with Gasteiger partial charge >= 0.3 is 0 Å². The highest BCUT2D eigenvalue weighted by Gasteiger charge is 2.28. The number of benzene rings is 1. The summed E-state index contributed by atoms with van der Waals surface area (Å²) in [4.78, 5) is 12.3. The van der Waals surface area contributed by atoms with Crippen LogP contribution < -0.4 is 5.32 Å². The van der Waals surface area contributed by atoms with Gasteiger partial charge in [0, 0.05) is 23.6 Å². The number of rotatable bonds is 8. The van der Waals surface area contributed by atoms with Crippen molar-refractivity contribution in [2.45, 2.75) is 51.9 Å². The van der Waals surface area contributed by atoms with E-state index in [0.29, 0.717) is 18.2 Å². The number of allylic oxidation sites excluding steroid dienone is 1. The maximum atomic E-state index is 12.3. The van der Waals surface area contributed by atoms with E-state index in [4.69, 9.17) is 16.1 Å². The number of nitrogens with zero attached hydrogens (tertiary/aromatic N) is 1. The zero-order chi connectivity index (χ0) is 18.5. The summed E-state index contributed by atoms with van der Waals surface area (Å²) in [5.41, 5.74) is 3.92. The molecule has 0 unspecified atom stereocenters. The van der Waals surface area contributed by atoms with E-state index in [1.807, 2.05) is 18.2 Å². The fourth-order valence-electron chi connectivity index (χ4n) is 2.96. The minimum atomic E-state index is -0.182. The first-order chi connectivity index (χ1) is 12.6. The Kier molecular flexibility index (Phi) is 6.15. The smallest absolute Gasteiger partial charge is 0.273 e. The standard InChI is InChI=1S/C21H25ClN2O2/c1-3-4-5-15(18-12-17(22)9-6-14(18)2)10-11-23-21(25)19-13-20(26-24-19)16-7-8-16/h5-6,9,12-13,16H,3-4,7-8,10-11H2,1-2H3,(H,23,25)/b15-5-. The van der Waals surface area contributed by atoms with Crippen molar-refractivity contribution in [3.8, 4) is 0 Å². The maximum Gasteiger partial charge on any atom is 0.273 e. The van der Waals surface area contributed by atoms with E-state index in [0.717, 1.165) is 48.5 Å². The van der Waals surface area contributed by atoms with Crippen LogP contribution in [0.1, 0.15) is 72.3 Å². The Balaban J connectivity index is 1.62. The van der Waals surface area contributed by atoms with Gasteiger partial charge in [0.05, 0.1) is 0 Å². The van der Waals surface area contributed by atoms with Crippen LogP contribution >= 0.6 is 11.6 Å². The number of amides is 1. The molecule has 1 aromatic heterocycles. The molecule has 4 nitrogen and oxygen atoms in total. The quantitative estimate of drug-likeness (QED) is 0.663. The van der Waals surface area contributed by atoms with Crippen LogP contribution in [0.25, 0.3) is 5.57 Å². The number of carbonyl (C=O) groups excluding carboxylic acids is 1. The number of hydrogen-bond acceptors (Lipinski definition) is 3. The SMILES string of the molecule is CCC/C=C(/CCNC(=O)c1cc(C2CC2)on1)c1cc(Cl)ccc1C. The first-order valence-electron chi connectivity index (χ1n) is 9.29. The molecule has 138 valence electrons. The Labute approximate surface area is 159 Å². The second-order valence-corrected chi connectivity index (χ2v) is 7.31. The van der Waals surface area contributed by atoms with Gasteiger partial charge in [0.2, 0.25) is 0 Å². The maximum absolute atomic E-state index is 12.3. The first kappa shape index (κ1) is 18.7. The van der Waals surface area contributed by atoms with Crippen LogP contribution in [0.15, 0.2) is 34.9 Å². The van der Waals surface area contributed by atoms with Crippen molar-refractivity contribution in [3.05, 3.63) is 57.9 Å². The predicted octanol–water partition coefficient (Wildman–Crippen LogP) is 5.52. The zero-order valence-electron chi connectivity index (χ0n) is 15.3. The molecule has 1 aromatic carbocycles. The molecule has 0 radical (unpaired) electrons. The second kappa shape index (κ2) is 8.54. The molecular formula is C21H25ClN2O2. The van der Waals surface area contributed by atoms with E-state index in [1.54, 1.807) is 6.07 Å². The Bertz CT molecular complexity index is 806. The molecule has 1 amide bonds. The molecular weight excluding hydrogens is 348 g/mol. The van der Waals surface area contributed by atoms with Crippen molar-refractivity contribution in [2.24, 2.45) is 0 Å². The Morgan fingerprint density at radius 2 is 2.19 bits per heavy atom. The molecule has 0 atom stereocenters. The van der Waals surface area contributed by atoms with Crippen molar-refractivity contribution in [1.82, 2.24) is 10.5 Å². The molecule has 1 aliphatic rings. The molecule has 3 rings (SSSR count). The van der Waals surface area contributed by atoms with E-state index in [-0.39, 0.29) is 5.91 Å². The van der Waals surface area contributed by atoms with E-state index in [2.05, 4.69) is 30.4 Å². The van der Waals surface area contributed by atoms with Crippen LogP contribution in [0.2, 0.25) is 5.02 Å². The third-order valence-electron chi connectivity index (χ3n) is 4.65. The largest absolute Gasteiger partial charge is 0.360 e. The number of aromatic nitrogens is 1. The summed E-state index contributed by atoms with van der Waals surface area (Å²) in [6, 6.07) is 7.70. The number of nitrogens with one attached hydrogen (secondary N) is 1. The molecule has 0 spiro atoms. The van der Waals surface area contributed by atoms with Gasteiger partial charge < -0.3 is 9.84 Å². The fourth-order valence-corrected chi connectivity index (χ4v) is 3.14. The fraction of sp³-hybridized carbons (Fsp3) is 0.429. The molecule has 26 heavy (non-hydrogen) atoms. The first-order valence-corrected chi connectivity index (χ1v) is 9.66. The predicted molar refractivity (Wildman–Crippen MR) is 105 cm³/mol. The topological polar surface area (TPSA) is 55.1 Å². The van der Waals surface area contributed by atoms with Gasteiger partial charge in [-0.15, -0.1) is 0 Å². The van der Waals surface area contributed by atoms with E-state index in [9.17, 15) is 4.79 Å². The Morgan fingerprint density at radius 1 is 1.38 bits per heavy atom. The van der Waals surface area contributed by atoms with Crippen molar-refractivity contribution in [2.75, 3.05) is 6.54 Å². The number of unbranched alkanes of at least 4 members (excludes halogenated alkanes) is 1. The molecule has 1 aliphatic carbocycles. The van der Waals surface area contributed by atoms with Crippen LogP contribution in [-0.4, -0.2) is 17.6 Å². The highest BCUT2D eigenvalue weighted by atomic mass is 35.5. The highest BCUT2D eigenvalue weighted by molar-refractivity contribution is 6.30. The van der Waals surface area contributed by atoms with Crippen LogP contribution in [0.4, 0.5) is 0 Å². The summed E-state index contributed by atoms with van der Waals surface area (Å²) in [6.45, 7) is 4.79. The molecule has 0 aliphatic heterocycles. The van der Waals surface area contributed by atoms with E-state index < -0.39 is 0 Å². The van der Waals surface area contributed by atoms with Crippen molar-refractivity contribution in [1.29, 1.82) is 0 Å². The molecule has 1 fully saturated rings. The normalized spacial score (nSPS) is 14.5. The van der Waals surface area contributed by atoms with Crippen molar-refractivity contribution < 1.29 is 9.32 Å². The Hall–Kier alpha value is -2.07. The number of carbonyl (C=O) groups is 1. The van der Waals surface area contributed by atoms with Crippen molar-refractivity contribution >= 4 is 23.1 Å². The van der Waals surface area contributed by atoms with Gasteiger partial charge in [0.1, 0.15) is 5.76 Å². The third-order valence-corrected chi connectivity index (χ3v) is 4.88. The molecule has 1 heterocycles. The summed E-state index contributed by atoms with van der Waals surface area (Å²) >= 11 is 6.18. The van der Waals surface area contributed by atoms with Gasteiger partial charge in [-0.1, -0.05) is 42.2 Å². The zero-order valence-corrected chi connectivity index (χ0v) is 16.1. The number of hydrogen-bond donors (Lipinski definition) is 1. The summed E-state index contributed by atoms with van der Waals surface area (Å²) in [7, 11) is 0. The summed E-state index contributed by atoms with van der Waals surface area (Å²) in [6.07, 6.45) is 7.33. The molecule has 0 bridgehead atoms. The Morgan fingerprint density at radius 3 is 2.92 bits per heavy atom. The lowest BCUT2D eigenvalue weighted by molar-refractivity contribution is 0.0945. The van der Waals surface area contributed by atoms with Crippen molar-refractivity contribution in [3.63, 3.8) is 0 Å². The van der Waals surface area contributed by atoms with Gasteiger partial charge in [-0.05, 0) is 61.4 Å². The molecule has 1 N–H and O–H groups in total. The number of aryl methyl sites for hydroxylation is 1. The lowest BCUT2D eigenvalue weighted by Crippen LogP contribution is -2.25. The summed E-state index contributed by atoms with van der Waals surface area (Å²) < 4.78 is 5.25. The van der Waals surface area contributed by atoms with Gasteiger partial charge in [-0.2, -0.15) is 0 Å². The van der Waals surface area contributed by atoms with Gasteiger partial charge in [0.15, 0.2) is 5.69 Å². The molecule has 5 heteroatoms. The summed E-state index contributed by atoms with van der Waals surface area (Å²) in [5.74, 6) is 1.10. The van der Waals surface area contributed by atoms with Crippen LogP contribution in [0.3, 0.4) is 0 Å². The molecule has 1 saturated carbocycles. The molecule has 0 saturated heterocycles. The van der Waals surface area contributed by atoms with Gasteiger partial charge in [-0.25, -0.2) is 0 Å². The lowest BCUT2D eigenvalue weighted by Gasteiger charge is -2.12. The second-order valence-electron chi connectivity index (χ2n) is 6.87. The van der Waals surface area contributed by atoms with E-state index in [1.165, 1.54) is 11.1 Å². The molecule has 2 aromatic rings. The van der Waals surface area contributed by atoms with Crippen LogP contribution in [0, 0.1) is 6.92 Å². The minimum absolute atomic E-state index is 0.182. The lowest BCUT2D eigenvalue weighted by atomic mass is 9.96. The average Bonchev–Trinajstić information content (AvgIpc) is 3.36. The van der Waals surface area contributed by atoms with Crippen LogP contribution in [0.5, 0.6) is 0 Å². The van der Waals surface area contributed by atoms with E-state index >= 15 is 0 Å². The monoisotopic (exact) mass is 372 g/mol. The third kappa shape index (κ3) is 4.76. The highest BCUT2D eigenvalue weighted by Crippen LogP contribution is 2.40. The van der Waals surface area contributed by atoms with Gasteiger partial charge in [0.25, 0.3) is 5.91 Å². The van der Waals surface area contributed by atoms with Crippen LogP contribution in [-0.2, 0) is 0 Å². The number of halogens is 1.